The summed E-state index contributed by atoms with van der Waals surface area (Å²) in [6.45, 7) is 7.26. The summed E-state index contributed by atoms with van der Waals surface area (Å²) in [5.41, 5.74) is 5.40. The van der Waals surface area contributed by atoms with Gasteiger partial charge in [0.1, 0.15) is 6.10 Å². The number of unbranched alkanes of at least 4 members (excludes halogenated alkanes) is 2. The molecule has 1 aliphatic heterocycles. The largest absolute Gasteiger partial charge is 0.382 e. The highest BCUT2D eigenvalue weighted by molar-refractivity contribution is 7.99. The summed E-state index contributed by atoms with van der Waals surface area (Å²) >= 11 is 1.53. The third-order valence-electron chi connectivity index (χ3n) is 3.58. The van der Waals surface area contributed by atoms with Crippen molar-refractivity contribution in [2.24, 2.45) is 5.73 Å². The number of hydrogen-bond donors (Lipinski definition) is 2. The maximum absolute atomic E-state index is 12.1. The zero-order valence-corrected chi connectivity index (χ0v) is 13.4. The van der Waals surface area contributed by atoms with Crippen molar-refractivity contribution in [1.82, 2.24) is 9.80 Å². The molecule has 1 fully saturated rings. The monoisotopic (exact) mass is 303 g/mol. The Kier molecular flexibility index (Phi) is 9.26. The Bertz CT molecular complexity index is 271. The molecular formula is C14H29N3O2S. The quantitative estimate of drug-likeness (QED) is 0.603. The molecule has 1 saturated heterocycles. The summed E-state index contributed by atoms with van der Waals surface area (Å²) in [5.74, 6) is 1.12. The first-order valence-corrected chi connectivity index (χ1v) is 8.81. The molecule has 20 heavy (non-hydrogen) atoms. The van der Waals surface area contributed by atoms with E-state index in [1.807, 2.05) is 0 Å². The molecule has 1 unspecified atom stereocenters. The minimum atomic E-state index is -0.877. The topological polar surface area (TPSA) is 69.8 Å². The lowest BCUT2D eigenvalue weighted by atomic mass is 10.2. The third kappa shape index (κ3) is 6.43. The van der Waals surface area contributed by atoms with E-state index in [1.54, 1.807) is 4.90 Å². The number of aliphatic hydroxyl groups excluding tert-OH is 1. The Balaban J connectivity index is 2.21. The second-order valence-corrected chi connectivity index (χ2v) is 6.40. The molecule has 118 valence electrons. The SMILES string of the molecule is CCCCCN1CCN(C(=O)C(O)CSCCN)CC1. The van der Waals surface area contributed by atoms with Gasteiger partial charge in [0, 0.05) is 44.2 Å². The van der Waals surface area contributed by atoms with Crippen molar-refractivity contribution in [1.29, 1.82) is 0 Å². The van der Waals surface area contributed by atoms with Crippen LogP contribution in [-0.2, 0) is 4.79 Å². The molecule has 0 aromatic rings. The molecule has 5 nitrogen and oxygen atoms in total. The molecule has 1 amide bonds. The number of carbonyl (C=O) groups is 1. The van der Waals surface area contributed by atoms with Crippen LogP contribution in [0, 0.1) is 0 Å². The molecule has 0 saturated carbocycles. The minimum absolute atomic E-state index is 0.122. The van der Waals surface area contributed by atoms with Crippen molar-refractivity contribution >= 4 is 17.7 Å². The van der Waals surface area contributed by atoms with Gasteiger partial charge in [0.15, 0.2) is 0 Å². The van der Waals surface area contributed by atoms with Crippen molar-refractivity contribution in [2.45, 2.75) is 32.3 Å². The number of rotatable bonds is 9. The van der Waals surface area contributed by atoms with E-state index in [4.69, 9.17) is 5.73 Å². The molecule has 0 bridgehead atoms. The van der Waals surface area contributed by atoms with Crippen molar-refractivity contribution in [3.05, 3.63) is 0 Å². The number of nitrogens with zero attached hydrogens (tertiary/aromatic N) is 2. The second kappa shape index (κ2) is 10.4. The predicted molar refractivity (Wildman–Crippen MR) is 84.9 cm³/mol. The van der Waals surface area contributed by atoms with Gasteiger partial charge in [-0.3, -0.25) is 9.69 Å². The Morgan fingerprint density at radius 1 is 1.30 bits per heavy atom. The number of carbonyl (C=O) groups excluding carboxylic acids is 1. The number of piperazine rings is 1. The van der Waals surface area contributed by atoms with Crippen LogP contribution in [0.4, 0.5) is 0 Å². The van der Waals surface area contributed by atoms with Gasteiger partial charge in [-0.1, -0.05) is 19.8 Å². The van der Waals surface area contributed by atoms with Gasteiger partial charge < -0.3 is 15.7 Å². The predicted octanol–water partition coefficient (Wildman–Crippen LogP) is 0.374. The van der Waals surface area contributed by atoms with Gasteiger partial charge in [-0.2, -0.15) is 11.8 Å². The van der Waals surface area contributed by atoms with Gasteiger partial charge in [-0.25, -0.2) is 0 Å². The van der Waals surface area contributed by atoms with Crippen LogP contribution in [0.2, 0.25) is 0 Å². The first-order chi connectivity index (χ1) is 9.69. The molecule has 0 spiro atoms. The summed E-state index contributed by atoms with van der Waals surface area (Å²) in [6, 6.07) is 0. The molecule has 0 aliphatic carbocycles. The molecule has 6 heteroatoms. The zero-order chi connectivity index (χ0) is 14.8. The van der Waals surface area contributed by atoms with Gasteiger partial charge >= 0.3 is 0 Å². The molecule has 1 atom stereocenters. The molecule has 0 aromatic heterocycles. The van der Waals surface area contributed by atoms with Crippen LogP contribution in [0.1, 0.15) is 26.2 Å². The van der Waals surface area contributed by atoms with Crippen molar-refractivity contribution in [3.8, 4) is 0 Å². The van der Waals surface area contributed by atoms with Crippen LogP contribution in [0.15, 0.2) is 0 Å². The Hall–Kier alpha value is -0.300. The van der Waals surface area contributed by atoms with Gasteiger partial charge in [0.05, 0.1) is 0 Å². The van der Waals surface area contributed by atoms with Crippen molar-refractivity contribution in [2.75, 3.05) is 50.8 Å². The van der Waals surface area contributed by atoms with E-state index in [1.165, 1.54) is 31.0 Å². The first kappa shape index (κ1) is 17.8. The molecule has 1 rings (SSSR count). The fourth-order valence-electron chi connectivity index (χ4n) is 2.34. The van der Waals surface area contributed by atoms with Crippen LogP contribution in [0.5, 0.6) is 0 Å². The van der Waals surface area contributed by atoms with Crippen LogP contribution in [-0.4, -0.2) is 77.7 Å². The fourth-order valence-corrected chi connectivity index (χ4v) is 3.04. The van der Waals surface area contributed by atoms with Crippen LogP contribution in [0.3, 0.4) is 0 Å². The number of nitrogens with two attached hydrogens (primary N) is 1. The van der Waals surface area contributed by atoms with Crippen LogP contribution in [0.25, 0.3) is 0 Å². The Morgan fingerprint density at radius 2 is 2.00 bits per heavy atom. The third-order valence-corrected chi connectivity index (χ3v) is 4.66. The summed E-state index contributed by atoms with van der Waals surface area (Å²) in [7, 11) is 0. The maximum atomic E-state index is 12.1. The van der Waals surface area contributed by atoms with E-state index in [9.17, 15) is 9.90 Å². The average Bonchev–Trinajstić information content (AvgIpc) is 2.47. The number of aliphatic hydroxyl groups is 1. The normalized spacial score (nSPS) is 18.2. The van der Waals surface area contributed by atoms with E-state index in [0.717, 1.165) is 38.5 Å². The van der Waals surface area contributed by atoms with Crippen molar-refractivity contribution < 1.29 is 9.90 Å². The molecule has 1 aliphatic rings. The average molecular weight is 303 g/mol. The van der Waals surface area contributed by atoms with E-state index >= 15 is 0 Å². The first-order valence-electron chi connectivity index (χ1n) is 7.66. The number of thioether (sulfide) groups is 1. The standard InChI is InChI=1S/C14H29N3O2S/c1-2-3-4-6-16-7-9-17(10-8-16)14(19)13(18)12-20-11-5-15/h13,18H,2-12,15H2,1H3. The highest BCUT2D eigenvalue weighted by Crippen LogP contribution is 2.09. The van der Waals surface area contributed by atoms with Crippen molar-refractivity contribution in [3.63, 3.8) is 0 Å². The highest BCUT2D eigenvalue weighted by atomic mass is 32.2. The molecule has 3 N–H and O–H groups in total. The summed E-state index contributed by atoms with van der Waals surface area (Å²) in [4.78, 5) is 16.3. The summed E-state index contributed by atoms with van der Waals surface area (Å²) in [6.07, 6.45) is 2.88. The van der Waals surface area contributed by atoms with Crippen LogP contribution < -0.4 is 5.73 Å². The Labute approximate surface area is 126 Å². The smallest absolute Gasteiger partial charge is 0.252 e. The lowest BCUT2D eigenvalue weighted by Crippen LogP contribution is -2.52. The van der Waals surface area contributed by atoms with Gasteiger partial charge in [0.2, 0.25) is 0 Å². The molecule has 0 radical (unpaired) electrons. The zero-order valence-electron chi connectivity index (χ0n) is 12.6. The Morgan fingerprint density at radius 3 is 2.60 bits per heavy atom. The van der Waals surface area contributed by atoms with Gasteiger partial charge in [0.25, 0.3) is 5.91 Å². The van der Waals surface area contributed by atoms with Crippen LogP contribution >= 0.6 is 11.8 Å². The van der Waals surface area contributed by atoms with Gasteiger partial charge in [-0.05, 0) is 13.0 Å². The lowest BCUT2D eigenvalue weighted by molar-refractivity contribution is -0.140. The number of amides is 1. The summed E-state index contributed by atoms with van der Waals surface area (Å²) in [5, 5.41) is 9.87. The van der Waals surface area contributed by atoms with E-state index < -0.39 is 6.10 Å². The van der Waals surface area contributed by atoms with Gasteiger partial charge in [-0.15, -0.1) is 0 Å². The summed E-state index contributed by atoms with van der Waals surface area (Å²) < 4.78 is 0. The molecular weight excluding hydrogens is 274 g/mol. The maximum Gasteiger partial charge on any atom is 0.252 e. The van der Waals surface area contributed by atoms with E-state index in [0.29, 0.717) is 12.3 Å². The number of hydrogen-bond acceptors (Lipinski definition) is 5. The van der Waals surface area contributed by atoms with E-state index in [2.05, 4.69) is 11.8 Å². The lowest BCUT2D eigenvalue weighted by Gasteiger charge is -2.35. The molecule has 1 heterocycles. The minimum Gasteiger partial charge on any atom is -0.382 e. The second-order valence-electron chi connectivity index (χ2n) is 5.25. The molecule has 0 aromatic carbocycles. The fraction of sp³-hybridized carbons (Fsp3) is 0.929. The highest BCUT2D eigenvalue weighted by Gasteiger charge is 2.25. The van der Waals surface area contributed by atoms with E-state index in [-0.39, 0.29) is 5.91 Å².